The molecule has 4 heteroatoms. The SMILES string of the molecule is COC(=O)C(C)Cc1cccc(OCC2CC(OCc3ccccc3)C2)c1. The second-order valence-corrected chi connectivity index (χ2v) is 7.34. The molecule has 3 rings (SSSR count). The molecule has 0 bridgehead atoms. The van der Waals surface area contributed by atoms with E-state index < -0.39 is 0 Å². The summed E-state index contributed by atoms with van der Waals surface area (Å²) in [5.41, 5.74) is 2.30. The van der Waals surface area contributed by atoms with Crippen LogP contribution in [0, 0.1) is 11.8 Å². The Bertz CT molecular complexity index is 722. The van der Waals surface area contributed by atoms with Crippen LogP contribution < -0.4 is 4.74 Å². The van der Waals surface area contributed by atoms with E-state index in [1.54, 1.807) is 0 Å². The van der Waals surface area contributed by atoms with E-state index in [0.29, 0.717) is 31.7 Å². The zero-order valence-electron chi connectivity index (χ0n) is 16.1. The first-order valence-corrected chi connectivity index (χ1v) is 9.59. The predicted octanol–water partition coefficient (Wildman–Crippen LogP) is 4.41. The van der Waals surface area contributed by atoms with E-state index in [2.05, 4.69) is 12.1 Å². The molecule has 0 aromatic heterocycles. The van der Waals surface area contributed by atoms with E-state index in [4.69, 9.17) is 14.2 Å². The lowest BCUT2D eigenvalue weighted by atomic mass is 9.83. The lowest BCUT2D eigenvalue weighted by Crippen LogP contribution is -2.34. The Balaban J connectivity index is 1.37. The minimum Gasteiger partial charge on any atom is -0.493 e. The van der Waals surface area contributed by atoms with Crippen molar-refractivity contribution in [3.8, 4) is 5.75 Å². The molecule has 144 valence electrons. The second kappa shape index (κ2) is 9.56. The minimum atomic E-state index is -0.183. The van der Waals surface area contributed by atoms with Crippen molar-refractivity contribution in [2.75, 3.05) is 13.7 Å². The van der Waals surface area contributed by atoms with Gasteiger partial charge in [0.25, 0.3) is 0 Å². The van der Waals surface area contributed by atoms with Crippen LogP contribution >= 0.6 is 0 Å². The van der Waals surface area contributed by atoms with Crippen LogP contribution in [0.2, 0.25) is 0 Å². The third kappa shape index (κ3) is 5.83. The van der Waals surface area contributed by atoms with E-state index in [1.807, 2.05) is 49.4 Å². The first kappa shape index (κ1) is 19.4. The molecule has 0 heterocycles. The van der Waals surface area contributed by atoms with E-state index in [0.717, 1.165) is 24.2 Å². The lowest BCUT2D eigenvalue weighted by molar-refractivity contribution is -0.144. The largest absolute Gasteiger partial charge is 0.493 e. The van der Waals surface area contributed by atoms with Crippen LogP contribution in [0.25, 0.3) is 0 Å². The third-order valence-electron chi connectivity index (χ3n) is 5.05. The summed E-state index contributed by atoms with van der Waals surface area (Å²) in [6, 6.07) is 18.2. The molecule has 1 aliphatic rings. The van der Waals surface area contributed by atoms with Crippen LogP contribution in [-0.4, -0.2) is 25.8 Å². The highest BCUT2D eigenvalue weighted by Gasteiger charge is 2.30. The standard InChI is InChI=1S/C23H28O4/c1-17(23(24)25-2)11-19-9-6-10-21(12-19)26-16-20-13-22(14-20)27-15-18-7-4-3-5-8-18/h3-10,12,17,20,22H,11,13-16H2,1-2H3. The van der Waals surface area contributed by atoms with Gasteiger partial charge in [-0.2, -0.15) is 0 Å². The quantitative estimate of drug-likeness (QED) is 0.615. The number of hydrogen-bond donors (Lipinski definition) is 0. The Labute approximate surface area is 161 Å². The summed E-state index contributed by atoms with van der Waals surface area (Å²) in [7, 11) is 1.42. The minimum absolute atomic E-state index is 0.153. The molecule has 0 amide bonds. The summed E-state index contributed by atoms with van der Waals surface area (Å²) in [5, 5.41) is 0. The van der Waals surface area contributed by atoms with Gasteiger partial charge in [-0.3, -0.25) is 4.79 Å². The molecule has 0 saturated heterocycles. The Morgan fingerprint density at radius 1 is 1.07 bits per heavy atom. The van der Waals surface area contributed by atoms with Gasteiger partial charge < -0.3 is 14.2 Å². The molecule has 0 spiro atoms. The smallest absolute Gasteiger partial charge is 0.308 e. The molecule has 1 atom stereocenters. The Kier molecular flexibility index (Phi) is 6.88. The fraction of sp³-hybridized carbons (Fsp3) is 0.435. The lowest BCUT2D eigenvalue weighted by Gasteiger charge is -2.35. The van der Waals surface area contributed by atoms with Gasteiger partial charge in [0.15, 0.2) is 0 Å². The van der Waals surface area contributed by atoms with Crippen molar-refractivity contribution >= 4 is 5.97 Å². The Morgan fingerprint density at radius 3 is 2.56 bits per heavy atom. The molecule has 2 aromatic carbocycles. The van der Waals surface area contributed by atoms with Crippen molar-refractivity contribution in [1.29, 1.82) is 0 Å². The molecule has 27 heavy (non-hydrogen) atoms. The maximum absolute atomic E-state index is 11.6. The highest BCUT2D eigenvalue weighted by atomic mass is 16.5. The van der Waals surface area contributed by atoms with E-state index in [1.165, 1.54) is 12.7 Å². The van der Waals surface area contributed by atoms with E-state index in [-0.39, 0.29) is 11.9 Å². The van der Waals surface area contributed by atoms with Gasteiger partial charge in [0, 0.05) is 0 Å². The normalized spacial score (nSPS) is 19.8. The molecule has 4 nitrogen and oxygen atoms in total. The summed E-state index contributed by atoms with van der Waals surface area (Å²) < 4.78 is 16.7. The average Bonchev–Trinajstić information content (AvgIpc) is 2.66. The Morgan fingerprint density at radius 2 is 1.81 bits per heavy atom. The molecule has 1 aliphatic carbocycles. The number of benzene rings is 2. The fourth-order valence-corrected chi connectivity index (χ4v) is 3.35. The number of hydrogen-bond acceptors (Lipinski definition) is 4. The topological polar surface area (TPSA) is 44.8 Å². The maximum atomic E-state index is 11.6. The third-order valence-corrected chi connectivity index (χ3v) is 5.05. The number of carbonyl (C=O) groups excluding carboxylic acids is 1. The summed E-state index contributed by atoms with van der Waals surface area (Å²) in [6.07, 6.45) is 3.09. The summed E-state index contributed by atoms with van der Waals surface area (Å²) >= 11 is 0. The van der Waals surface area contributed by atoms with Gasteiger partial charge in [-0.15, -0.1) is 0 Å². The molecular formula is C23H28O4. The molecule has 0 N–H and O–H groups in total. The number of carbonyl (C=O) groups is 1. The maximum Gasteiger partial charge on any atom is 0.308 e. The van der Waals surface area contributed by atoms with Crippen LogP contribution in [-0.2, 0) is 27.3 Å². The number of esters is 1. The number of ether oxygens (including phenoxy) is 3. The van der Waals surface area contributed by atoms with Gasteiger partial charge in [0.05, 0.1) is 32.3 Å². The average molecular weight is 368 g/mol. The van der Waals surface area contributed by atoms with Crippen molar-refractivity contribution in [2.24, 2.45) is 11.8 Å². The molecular weight excluding hydrogens is 340 g/mol. The first-order valence-electron chi connectivity index (χ1n) is 9.59. The zero-order valence-corrected chi connectivity index (χ0v) is 16.1. The van der Waals surface area contributed by atoms with E-state index >= 15 is 0 Å². The van der Waals surface area contributed by atoms with Gasteiger partial charge in [-0.25, -0.2) is 0 Å². The molecule has 1 saturated carbocycles. The molecule has 0 radical (unpaired) electrons. The van der Waals surface area contributed by atoms with Crippen LogP contribution in [0.5, 0.6) is 5.75 Å². The van der Waals surface area contributed by atoms with Crippen molar-refractivity contribution in [3.05, 3.63) is 65.7 Å². The second-order valence-electron chi connectivity index (χ2n) is 7.34. The van der Waals surface area contributed by atoms with Gasteiger partial charge in [-0.05, 0) is 48.4 Å². The van der Waals surface area contributed by atoms with Gasteiger partial charge >= 0.3 is 5.97 Å². The van der Waals surface area contributed by atoms with Gasteiger partial charge in [0.2, 0.25) is 0 Å². The summed E-state index contributed by atoms with van der Waals surface area (Å²) in [6.45, 7) is 3.27. The van der Waals surface area contributed by atoms with E-state index in [9.17, 15) is 4.79 Å². The molecule has 1 unspecified atom stereocenters. The highest BCUT2D eigenvalue weighted by molar-refractivity contribution is 5.72. The van der Waals surface area contributed by atoms with Crippen LogP contribution in [0.15, 0.2) is 54.6 Å². The monoisotopic (exact) mass is 368 g/mol. The number of methoxy groups -OCH3 is 1. The van der Waals surface area contributed by atoms with Gasteiger partial charge in [0.1, 0.15) is 5.75 Å². The van der Waals surface area contributed by atoms with Crippen LogP contribution in [0.3, 0.4) is 0 Å². The number of rotatable bonds is 9. The van der Waals surface area contributed by atoms with Crippen LogP contribution in [0.1, 0.15) is 30.9 Å². The zero-order chi connectivity index (χ0) is 19.1. The summed E-state index contributed by atoms with van der Waals surface area (Å²) in [5.74, 6) is 1.07. The van der Waals surface area contributed by atoms with Gasteiger partial charge in [-0.1, -0.05) is 49.4 Å². The molecule has 0 aliphatic heterocycles. The van der Waals surface area contributed by atoms with Crippen molar-refractivity contribution in [3.63, 3.8) is 0 Å². The van der Waals surface area contributed by atoms with Crippen molar-refractivity contribution in [1.82, 2.24) is 0 Å². The highest BCUT2D eigenvalue weighted by Crippen LogP contribution is 2.31. The Hall–Kier alpha value is -2.33. The first-order chi connectivity index (χ1) is 13.1. The fourth-order valence-electron chi connectivity index (χ4n) is 3.35. The molecule has 2 aromatic rings. The van der Waals surface area contributed by atoms with Crippen molar-refractivity contribution < 1.29 is 19.0 Å². The van der Waals surface area contributed by atoms with Crippen LogP contribution in [0.4, 0.5) is 0 Å². The van der Waals surface area contributed by atoms with Crippen molar-refractivity contribution in [2.45, 2.75) is 38.9 Å². The predicted molar refractivity (Wildman–Crippen MR) is 105 cm³/mol. The summed E-state index contributed by atoms with van der Waals surface area (Å²) in [4.78, 5) is 11.6. The molecule has 1 fully saturated rings.